The zero-order valence-corrected chi connectivity index (χ0v) is 12.9. The molecule has 0 unspecified atom stereocenters. The average Bonchev–Trinajstić information content (AvgIpc) is 2.58. The van der Waals surface area contributed by atoms with E-state index in [1.807, 2.05) is 0 Å². The van der Waals surface area contributed by atoms with Gasteiger partial charge >= 0.3 is 12.1 Å². The number of ether oxygens (including phenoxy) is 1. The van der Waals surface area contributed by atoms with Crippen molar-refractivity contribution in [3.05, 3.63) is 65.5 Å². The van der Waals surface area contributed by atoms with Gasteiger partial charge in [0.05, 0.1) is 18.4 Å². The highest BCUT2D eigenvalue weighted by Crippen LogP contribution is 2.32. The maximum atomic E-state index is 13.9. The normalized spacial score (nSPS) is 12.0. The summed E-state index contributed by atoms with van der Waals surface area (Å²) in [6.07, 6.45) is -2.18. The van der Waals surface area contributed by atoms with E-state index < -0.39 is 23.5 Å². The number of hydrogen-bond acceptors (Lipinski definition) is 4. The molecule has 0 spiro atoms. The molecule has 2 aromatic rings. The minimum absolute atomic E-state index is 0.0824. The molecule has 130 valence electrons. The first-order chi connectivity index (χ1) is 11.8. The molecule has 0 saturated heterocycles. The van der Waals surface area contributed by atoms with Crippen molar-refractivity contribution in [1.29, 1.82) is 0 Å². The number of nitrogens with zero attached hydrogens (tertiary/aromatic N) is 2. The Balaban J connectivity index is 2.35. The predicted octanol–water partition coefficient (Wildman–Crippen LogP) is 5.45. The quantitative estimate of drug-likeness (QED) is 0.318. The lowest BCUT2D eigenvalue weighted by molar-refractivity contribution is -0.137. The second-order valence-corrected chi connectivity index (χ2v) is 4.78. The van der Waals surface area contributed by atoms with E-state index in [9.17, 15) is 22.4 Å². The standard InChI is InChI=1S/C17H12F4N2O2/c1-25-15(24)9-8-11-4-2-7-14(18)16(11)23-22-13-6-3-5-12(10-13)17(19,20)21/h2-10H,1H3/b9-8+,23-22-. The Hall–Kier alpha value is -3.03. The molecule has 0 aromatic heterocycles. The van der Waals surface area contributed by atoms with E-state index in [0.29, 0.717) is 0 Å². The lowest BCUT2D eigenvalue weighted by atomic mass is 10.1. The molecule has 4 nitrogen and oxygen atoms in total. The second-order valence-electron chi connectivity index (χ2n) is 4.78. The van der Waals surface area contributed by atoms with Crippen molar-refractivity contribution < 1.29 is 27.1 Å². The minimum Gasteiger partial charge on any atom is -0.466 e. The summed E-state index contributed by atoms with van der Waals surface area (Å²) >= 11 is 0. The van der Waals surface area contributed by atoms with Crippen LogP contribution in [-0.4, -0.2) is 13.1 Å². The Morgan fingerprint density at radius 3 is 2.52 bits per heavy atom. The Kier molecular flexibility index (Phi) is 5.63. The summed E-state index contributed by atoms with van der Waals surface area (Å²) in [4.78, 5) is 11.1. The number of carbonyl (C=O) groups is 1. The number of methoxy groups -OCH3 is 1. The van der Waals surface area contributed by atoms with Gasteiger partial charge in [-0.1, -0.05) is 18.2 Å². The number of esters is 1. The maximum Gasteiger partial charge on any atom is 0.416 e. The first-order valence-electron chi connectivity index (χ1n) is 6.95. The van der Waals surface area contributed by atoms with Gasteiger partial charge in [0.15, 0.2) is 5.82 Å². The van der Waals surface area contributed by atoms with Gasteiger partial charge in [-0.3, -0.25) is 0 Å². The third kappa shape index (κ3) is 4.97. The number of rotatable bonds is 4. The summed E-state index contributed by atoms with van der Waals surface area (Å²) < 4.78 is 56.4. The predicted molar refractivity (Wildman–Crippen MR) is 83.1 cm³/mol. The van der Waals surface area contributed by atoms with Gasteiger partial charge in [-0.15, -0.1) is 5.11 Å². The highest BCUT2D eigenvalue weighted by molar-refractivity contribution is 5.88. The Morgan fingerprint density at radius 2 is 1.84 bits per heavy atom. The lowest BCUT2D eigenvalue weighted by Crippen LogP contribution is -2.03. The van der Waals surface area contributed by atoms with Gasteiger partial charge in [-0.25, -0.2) is 9.18 Å². The topological polar surface area (TPSA) is 51.0 Å². The van der Waals surface area contributed by atoms with Gasteiger partial charge in [0.25, 0.3) is 0 Å². The summed E-state index contributed by atoms with van der Waals surface area (Å²) in [5, 5.41) is 7.34. The fourth-order valence-corrected chi connectivity index (χ4v) is 1.85. The van der Waals surface area contributed by atoms with Gasteiger partial charge in [-0.05, 0) is 30.3 Å². The summed E-state index contributed by atoms with van der Waals surface area (Å²) in [6, 6.07) is 8.18. The van der Waals surface area contributed by atoms with Crippen LogP contribution in [0.25, 0.3) is 6.08 Å². The van der Waals surface area contributed by atoms with E-state index in [4.69, 9.17) is 0 Å². The number of halogens is 4. The first kappa shape index (κ1) is 18.3. The Morgan fingerprint density at radius 1 is 1.12 bits per heavy atom. The van der Waals surface area contributed by atoms with E-state index in [1.54, 1.807) is 0 Å². The fourth-order valence-electron chi connectivity index (χ4n) is 1.85. The number of benzene rings is 2. The minimum atomic E-state index is -4.52. The van der Waals surface area contributed by atoms with Crippen LogP contribution in [0.1, 0.15) is 11.1 Å². The molecule has 2 aromatic carbocycles. The molecule has 0 amide bonds. The molecule has 0 heterocycles. The molecule has 0 radical (unpaired) electrons. The van der Waals surface area contributed by atoms with Crippen LogP contribution in [0.15, 0.2) is 58.8 Å². The molecular weight excluding hydrogens is 340 g/mol. The molecule has 0 bridgehead atoms. The van der Waals surface area contributed by atoms with Crippen LogP contribution >= 0.6 is 0 Å². The summed E-state index contributed by atoms with van der Waals surface area (Å²) in [6.45, 7) is 0. The van der Waals surface area contributed by atoms with Crippen molar-refractivity contribution in [2.75, 3.05) is 7.11 Å². The van der Waals surface area contributed by atoms with Crippen molar-refractivity contribution in [3.63, 3.8) is 0 Å². The van der Waals surface area contributed by atoms with E-state index in [0.717, 1.165) is 24.3 Å². The van der Waals surface area contributed by atoms with E-state index in [1.165, 1.54) is 37.5 Å². The fraction of sp³-hybridized carbons (Fsp3) is 0.118. The molecular formula is C17H12F4N2O2. The van der Waals surface area contributed by atoms with Crippen LogP contribution in [0, 0.1) is 5.82 Å². The molecule has 25 heavy (non-hydrogen) atoms. The zero-order chi connectivity index (χ0) is 18.4. The average molecular weight is 352 g/mol. The Labute approximate surface area is 140 Å². The molecule has 0 N–H and O–H groups in total. The Bertz CT molecular complexity index is 830. The number of azo groups is 1. The van der Waals surface area contributed by atoms with Crippen molar-refractivity contribution in [2.24, 2.45) is 10.2 Å². The summed E-state index contributed by atoms with van der Waals surface area (Å²) in [5.74, 6) is -1.38. The first-order valence-corrected chi connectivity index (χ1v) is 6.95. The molecule has 8 heteroatoms. The van der Waals surface area contributed by atoms with Gasteiger partial charge in [0, 0.05) is 11.6 Å². The van der Waals surface area contributed by atoms with E-state index in [-0.39, 0.29) is 16.9 Å². The van der Waals surface area contributed by atoms with Crippen molar-refractivity contribution in [3.8, 4) is 0 Å². The summed E-state index contributed by atoms with van der Waals surface area (Å²) in [7, 11) is 1.19. The third-order valence-corrected chi connectivity index (χ3v) is 3.06. The highest BCUT2D eigenvalue weighted by Gasteiger charge is 2.30. The van der Waals surface area contributed by atoms with Crippen molar-refractivity contribution in [2.45, 2.75) is 6.18 Å². The largest absolute Gasteiger partial charge is 0.466 e. The lowest BCUT2D eigenvalue weighted by Gasteiger charge is -2.06. The SMILES string of the molecule is COC(=O)/C=C/c1cccc(F)c1/N=N\c1cccc(C(F)(F)F)c1. The third-order valence-electron chi connectivity index (χ3n) is 3.06. The van der Waals surface area contributed by atoms with Crippen LogP contribution in [0.5, 0.6) is 0 Å². The van der Waals surface area contributed by atoms with Crippen LogP contribution in [0.2, 0.25) is 0 Å². The van der Waals surface area contributed by atoms with Crippen LogP contribution in [0.4, 0.5) is 28.9 Å². The van der Waals surface area contributed by atoms with Crippen molar-refractivity contribution >= 4 is 23.4 Å². The van der Waals surface area contributed by atoms with Gasteiger partial charge < -0.3 is 4.74 Å². The van der Waals surface area contributed by atoms with Gasteiger partial charge in [-0.2, -0.15) is 18.3 Å². The molecule has 0 aliphatic heterocycles. The van der Waals surface area contributed by atoms with E-state index in [2.05, 4.69) is 15.0 Å². The molecule has 0 aliphatic carbocycles. The zero-order valence-electron chi connectivity index (χ0n) is 12.9. The summed E-state index contributed by atoms with van der Waals surface area (Å²) in [5.41, 5.74) is -0.953. The highest BCUT2D eigenvalue weighted by atomic mass is 19.4. The van der Waals surface area contributed by atoms with Gasteiger partial charge in [0.1, 0.15) is 5.69 Å². The molecule has 2 rings (SSSR count). The number of alkyl halides is 3. The number of hydrogen-bond donors (Lipinski definition) is 0. The van der Waals surface area contributed by atoms with Crippen LogP contribution < -0.4 is 0 Å². The monoisotopic (exact) mass is 352 g/mol. The molecule has 0 saturated carbocycles. The van der Waals surface area contributed by atoms with Gasteiger partial charge in [0.2, 0.25) is 0 Å². The second kappa shape index (κ2) is 7.69. The van der Waals surface area contributed by atoms with Crippen molar-refractivity contribution in [1.82, 2.24) is 0 Å². The maximum absolute atomic E-state index is 13.9. The van der Waals surface area contributed by atoms with Crippen LogP contribution in [-0.2, 0) is 15.7 Å². The molecule has 0 aliphatic rings. The molecule has 0 atom stereocenters. The van der Waals surface area contributed by atoms with E-state index >= 15 is 0 Å². The number of carbonyl (C=O) groups excluding carboxylic acids is 1. The smallest absolute Gasteiger partial charge is 0.416 e. The molecule has 0 fully saturated rings. The van der Waals surface area contributed by atoms with Crippen LogP contribution in [0.3, 0.4) is 0 Å².